The van der Waals surface area contributed by atoms with Crippen LogP contribution in [0.3, 0.4) is 0 Å². The molecule has 0 radical (unpaired) electrons. The normalized spacial score (nSPS) is 25.0. The van der Waals surface area contributed by atoms with Crippen LogP contribution in [0, 0.1) is 5.92 Å². The van der Waals surface area contributed by atoms with E-state index in [1.165, 1.54) is 12.5 Å². The van der Waals surface area contributed by atoms with Gasteiger partial charge in [0.05, 0.1) is 0 Å². The Labute approximate surface area is 94.9 Å². The fourth-order valence-electron chi connectivity index (χ4n) is 2.34. The number of nitrogens with one attached hydrogen (secondary N) is 1. The Morgan fingerprint density at radius 1 is 1.31 bits per heavy atom. The molecule has 2 rings (SSSR count). The highest BCUT2D eigenvalue weighted by atomic mass is 19.3. The molecule has 0 bridgehead atoms. The van der Waals surface area contributed by atoms with Gasteiger partial charge in [0, 0.05) is 17.3 Å². The lowest BCUT2D eigenvalue weighted by Crippen LogP contribution is -2.15. The first-order valence-electron chi connectivity index (χ1n) is 5.80. The smallest absolute Gasteiger partial charge is 0.263 e. The summed E-state index contributed by atoms with van der Waals surface area (Å²) >= 11 is 0. The molecule has 16 heavy (non-hydrogen) atoms. The first-order valence-corrected chi connectivity index (χ1v) is 5.80. The van der Waals surface area contributed by atoms with E-state index < -0.39 is 6.43 Å². The van der Waals surface area contributed by atoms with Crippen LogP contribution in [-0.4, -0.2) is 6.04 Å². The van der Waals surface area contributed by atoms with Crippen molar-refractivity contribution in [2.75, 3.05) is 5.32 Å². The van der Waals surface area contributed by atoms with Crippen molar-refractivity contribution in [3.63, 3.8) is 0 Å². The summed E-state index contributed by atoms with van der Waals surface area (Å²) in [5, 5.41) is 3.33. The summed E-state index contributed by atoms with van der Waals surface area (Å²) in [4.78, 5) is 0. The molecule has 0 heterocycles. The first-order chi connectivity index (χ1) is 7.65. The highest BCUT2D eigenvalue weighted by molar-refractivity contribution is 5.47. The van der Waals surface area contributed by atoms with Crippen LogP contribution >= 0.6 is 0 Å². The summed E-state index contributed by atoms with van der Waals surface area (Å²) in [6.45, 7) is 2.23. The molecule has 1 aromatic carbocycles. The Kier molecular flexibility index (Phi) is 3.42. The van der Waals surface area contributed by atoms with Gasteiger partial charge >= 0.3 is 0 Å². The highest BCUT2D eigenvalue weighted by Crippen LogP contribution is 2.28. The molecule has 0 aromatic heterocycles. The number of alkyl halides is 2. The Bertz CT molecular complexity index is 352. The maximum Gasteiger partial charge on any atom is 0.263 e. The van der Waals surface area contributed by atoms with Crippen molar-refractivity contribution in [3.8, 4) is 0 Å². The van der Waals surface area contributed by atoms with Crippen molar-refractivity contribution in [2.24, 2.45) is 5.92 Å². The molecule has 1 aliphatic carbocycles. The predicted octanol–water partition coefficient (Wildman–Crippen LogP) is 4.22. The number of halogens is 2. The SMILES string of the molecule is CC1CCC(Nc2cccc(C(F)F)c2)C1. The van der Waals surface area contributed by atoms with Crippen LogP contribution < -0.4 is 5.32 Å². The summed E-state index contributed by atoms with van der Waals surface area (Å²) in [7, 11) is 0. The molecule has 0 amide bonds. The van der Waals surface area contributed by atoms with Gasteiger partial charge in [-0.15, -0.1) is 0 Å². The van der Waals surface area contributed by atoms with Crippen LogP contribution in [0.15, 0.2) is 24.3 Å². The molecule has 1 N–H and O–H groups in total. The number of rotatable bonds is 3. The number of hydrogen-bond donors (Lipinski definition) is 1. The van der Waals surface area contributed by atoms with Crippen LogP contribution in [0.2, 0.25) is 0 Å². The van der Waals surface area contributed by atoms with Crippen LogP contribution in [0.5, 0.6) is 0 Å². The molecule has 1 aromatic rings. The van der Waals surface area contributed by atoms with E-state index in [2.05, 4.69) is 12.2 Å². The molecule has 1 aliphatic rings. The molecular weight excluding hydrogens is 208 g/mol. The molecule has 0 aliphatic heterocycles. The molecule has 2 atom stereocenters. The molecule has 1 saturated carbocycles. The fraction of sp³-hybridized carbons (Fsp3) is 0.538. The summed E-state index contributed by atoms with van der Waals surface area (Å²) in [6.07, 6.45) is 1.12. The summed E-state index contributed by atoms with van der Waals surface area (Å²) in [5.74, 6) is 0.746. The lowest BCUT2D eigenvalue weighted by atomic mass is 10.1. The third-order valence-electron chi connectivity index (χ3n) is 3.20. The number of hydrogen-bond acceptors (Lipinski definition) is 1. The molecular formula is C13H17F2N. The minimum Gasteiger partial charge on any atom is -0.382 e. The van der Waals surface area contributed by atoms with Gasteiger partial charge in [-0.1, -0.05) is 19.1 Å². The first kappa shape index (κ1) is 11.4. The third kappa shape index (κ3) is 2.71. The number of benzene rings is 1. The second kappa shape index (κ2) is 4.81. The maximum absolute atomic E-state index is 12.5. The monoisotopic (exact) mass is 225 g/mol. The van der Waals surface area contributed by atoms with Crippen LogP contribution in [-0.2, 0) is 0 Å². The minimum absolute atomic E-state index is 0.0936. The van der Waals surface area contributed by atoms with Gasteiger partial charge < -0.3 is 5.32 Å². The van der Waals surface area contributed by atoms with E-state index in [1.54, 1.807) is 12.1 Å². The quantitative estimate of drug-likeness (QED) is 0.811. The lowest BCUT2D eigenvalue weighted by molar-refractivity contribution is 0.151. The lowest BCUT2D eigenvalue weighted by Gasteiger charge is -2.14. The van der Waals surface area contributed by atoms with Crippen LogP contribution in [0.4, 0.5) is 14.5 Å². The molecule has 3 heteroatoms. The second-order valence-electron chi connectivity index (χ2n) is 4.69. The predicted molar refractivity (Wildman–Crippen MR) is 61.8 cm³/mol. The fourth-order valence-corrected chi connectivity index (χ4v) is 2.34. The van der Waals surface area contributed by atoms with Gasteiger partial charge in [0.15, 0.2) is 0 Å². The second-order valence-corrected chi connectivity index (χ2v) is 4.69. The molecule has 2 unspecified atom stereocenters. The van der Waals surface area contributed by atoms with Crippen molar-refractivity contribution < 1.29 is 8.78 Å². The van der Waals surface area contributed by atoms with E-state index in [4.69, 9.17) is 0 Å². The van der Waals surface area contributed by atoms with Gasteiger partial charge in [-0.25, -0.2) is 8.78 Å². The zero-order valence-corrected chi connectivity index (χ0v) is 9.42. The Morgan fingerprint density at radius 2 is 2.12 bits per heavy atom. The average Bonchev–Trinajstić information content (AvgIpc) is 2.64. The van der Waals surface area contributed by atoms with E-state index in [1.807, 2.05) is 6.07 Å². The van der Waals surface area contributed by atoms with Crippen molar-refractivity contribution in [3.05, 3.63) is 29.8 Å². The van der Waals surface area contributed by atoms with Crippen molar-refractivity contribution in [1.82, 2.24) is 0 Å². The third-order valence-corrected chi connectivity index (χ3v) is 3.20. The Hall–Kier alpha value is -1.12. The molecule has 1 nitrogen and oxygen atoms in total. The van der Waals surface area contributed by atoms with Crippen molar-refractivity contribution >= 4 is 5.69 Å². The summed E-state index contributed by atoms with van der Waals surface area (Å²) in [5.41, 5.74) is 0.910. The van der Waals surface area contributed by atoms with E-state index >= 15 is 0 Å². The van der Waals surface area contributed by atoms with E-state index in [9.17, 15) is 8.78 Å². The standard InChI is InChI=1S/C13H17F2N/c1-9-5-6-12(7-9)16-11-4-2-3-10(8-11)13(14)15/h2-4,8-9,12-13,16H,5-7H2,1H3. The van der Waals surface area contributed by atoms with Gasteiger partial charge in [-0.05, 0) is 37.3 Å². The summed E-state index contributed by atoms with van der Waals surface area (Å²) < 4.78 is 25.0. The van der Waals surface area contributed by atoms with Crippen LogP contribution in [0.1, 0.15) is 38.2 Å². The summed E-state index contributed by atoms with van der Waals surface area (Å²) in [6, 6.07) is 7.00. The van der Waals surface area contributed by atoms with Gasteiger partial charge in [-0.2, -0.15) is 0 Å². The van der Waals surface area contributed by atoms with E-state index in [0.717, 1.165) is 24.4 Å². The van der Waals surface area contributed by atoms with Gasteiger partial charge in [0.2, 0.25) is 0 Å². The topological polar surface area (TPSA) is 12.0 Å². The zero-order valence-electron chi connectivity index (χ0n) is 9.42. The maximum atomic E-state index is 12.5. The molecule has 0 saturated heterocycles. The molecule has 0 spiro atoms. The molecule has 1 fully saturated rings. The Balaban J connectivity index is 2.01. The van der Waals surface area contributed by atoms with Crippen molar-refractivity contribution in [2.45, 2.75) is 38.7 Å². The minimum atomic E-state index is -2.38. The highest BCUT2D eigenvalue weighted by Gasteiger charge is 2.21. The largest absolute Gasteiger partial charge is 0.382 e. The van der Waals surface area contributed by atoms with Gasteiger partial charge in [0.1, 0.15) is 0 Å². The van der Waals surface area contributed by atoms with E-state index in [-0.39, 0.29) is 5.56 Å². The molecule has 88 valence electrons. The zero-order chi connectivity index (χ0) is 11.5. The van der Waals surface area contributed by atoms with Gasteiger partial charge in [0.25, 0.3) is 6.43 Å². The van der Waals surface area contributed by atoms with Gasteiger partial charge in [-0.3, -0.25) is 0 Å². The Morgan fingerprint density at radius 3 is 2.75 bits per heavy atom. The van der Waals surface area contributed by atoms with E-state index in [0.29, 0.717) is 6.04 Å². The van der Waals surface area contributed by atoms with Crippen LogP contribution in [0.25, 0.3) is 0 Å². The number of anilines is 1. The van der Waals surface area contributed by atoms with Crippen molar-refractivity contribution in [1.29, 1.82) is 0 Å². The average molecular weight is 225 g/mol.